The van der Waals surface area contributed by atoms with Crippen LogP contribution in [-0.2, 0) is 14.9 Å². The fourth-order valence-electron chi connectivity index (χ4n) is 4.15. The molecule has 9 heteroatoms. The molecule has 0 bridgehead atoms. The summed E-state index contributed by atoms with van der Waals surface area (Å²) < 4.78 is 7.04. The maximum Gasteiger partial charge on any atom is 0.419 e. The molecule has 0 unspecified atom stereocenters. The Hall–Kier alpha value is -3.23. The van der Waals surface area contributed by atoms with E-state index >= 15 is 0 Å². The van der Waals surface area contributed by atoms with Gasteiger partial charge in [0, 0.05) is 30.0 Å². The molecular formula is C23H29N5O4. The summed E-state index contributed by atoms with van der Waals surface area (Å²) in [6.45, 7) is 9.65. The van der Waals surface area contributed by atoms with E-state index in [2.05, 4.69) is 15.3 Å². The van der Waals surface area contributed by atoms with E-state index in [4.69, 9.17) is 4.74 Å². The summed E-state index contributed by atoms with van der Waals surface area (Å²) in [6.07, 6.45) is 4.30. The molecule has 0 atom stereocenters. The highest BCUT2D eigenvalue weighted by molar-refractivity contribution is 6.02. The second-order valence-corrected chi connectivity index (χ2v) is 9.86. The predicted octanol–water partition coefficient (Wildman–Crippen LogP) is 3.31. The lowest BCUT2D eigenvalue weighted by Gasteiger charge is -2.33. The largest absolute Gasteiger partial charge is 0.443 e. The molecule has 1 aliphatic heterocycles. The molecule has 1 saturated carbocycles. The molecule has 0 radical (unpaired) electrons. The van der Waals surface area contributed by atoms with Gasteiger partial charge < -0.3 is 9.64 Å². The third-order valence-electron chi connectivity index (χ3n) is 5.76. The molecule has 0 aromatic carbocycles. The van der Waals surface area contributed by atoms with Gasteiger partial charge >= 0.3 is 6.09 Å². The van der Waals surface area contributed by atoms with Crippen molar-refractivity contribution in [3.63, 3.8) is 0 Å². The number of hydrogen-bond acceptors (Lipinski definition) is 6. The maximum atomic E-state index is 13.5. The lowest BCUT2D eigenvalue weighted by molar-refractivity contribution is -0.117. The summed E-state index contributed by atoms with van der Waals surface area (Å²) in [5, 5.41) is 2.62. The van der Waals surface area contributed by atoms with Gasteiger partial charge in [0.1, 0.15) is 17.8 Å². The number of fused-ring (bicyclic) bond motifs is 2. The van der Waals surface area contributed by atoms with E-state index in [-0.39, 0.29) is 35.6 Å². The molecule has 1 fully saturated rings. The van der Waals surface area contributed by atoms with Crippen LogP contribution >= 0.6 is 0 Å². The molecule has 0 saturated heterocycles. The summed E-state index contributed by atoms with van der Waals surface area (Å²) in [5.74, 6) is -0.533. The molecule has 2 amide bonds. The van der Waals surface area contributed by atoms with Gasteiger partial charge in [0.25, 0.3) is 5.91 Å². The number of carbonyl (C=O) groups excluding carboxylic acids is 3. The van der Waals surface area contributed by atoms with Crippen molar-refractivity contribution >= 4 is 23.9 Å². The SMILES string of the molecule is CC(C)c1cc2c(n1C(=O)OC(C)(C)C)C(=O)N(CC(=O)Nc1ncccn1)CC21CC1. The van der Waals surface area contributed by atoms with Crippen molar-refractivity contribution in [3.8, 4) is 0 Å². The fourth-order valence-corrected chi connectivity index (χ4v) is 4.15. The Morgan fingerprint density at radius 2 is 1.88 bits per heavy atom. The van der Waals surface area contributed by atoms with Gasteiger partial charge in [-0.15, -0.1) is 0 Å². The number of carbonyl (C=O) groups is 3. The van der Waals surface area contributed by atoms with Crippen LogP contribution in [0.15, 0.2) is 24.5 Å². The monoisotopic (exact) mass is 439 g/mol. The Balaban J connectivity index is 1.67. The van der Waals surface area contributed by atoms with E-state index < -0.39 is 11.7 Å². The van der Waals surface area contributed by atoms with Crippen molar-refractivity contribution in [2.45, 2.75) is 64.4 Å². The van der Waals surface area contributed by atoms with Crippen LogP contribution in [0.25, 0.3) is 0 Å². The van der Waals surface area contributed by atoms with Gasteiger partial charge in [0.2, 0.25) is 11.9 Å². The Bertz CT molecular complexity index is 1060. The van der Waals surface area contributed by atoms with Crippen LogP contribution in [0, 0.1) is 0 Å². The zero-order chi connectivity index (χ0) is 23.3. The number of anilines is 1. The van der Waals surface area contributed by atoms with Gasteiger partial charge in [-0.3, -0.25) is 14.9 Å². The quantitative estimate of drug-likeness (QED) is 0.783. The highest BCUT2D eigenvalue weighted by atomic mass is 16.6. The molecule has 9 nitrogen and oxygen atoms in total. The molecule has 2 aromatic heterocycles. The van der Waals surface area contributed by atoms with Crippen LogP contribution in [-0.4, -0.2) is 56.0 Å². The number of aromatic nitrogens is 3. The van der Waals surface area contributed by atoms with Crippen LogP contribution < -0.4 is 5.32 Å². The zero-order valence-corrected chi connectivity index (χ0v) is 19.1. The van der Waals surface area contributed by atoms with Crippen molar-refractivity contribution in [2.24, 2.45) is 0 Å². The van der Waals surface area contributed by atoms with Crippen molar-refractivity contribution in [1.29, 1.82) is 0 Å². The van der Waals surface area contributed by atoms with Gasteiger partial charge in [-0.25, -0.2) is 19.3 Å². The molecule has 1 spiro atoms. The molecule has 32 heavy (non-hydrogen) atoms. The lowest BCUT2D eigenvalue weighted by Crippen LogP contribution is -2.48. The average Bonchev–Trinajstić information content (AvgIpc) is 3.33. The Morgan fingerprint density at radius 3 is 2.44 bits per heavy atom. The normalized spacial score (nSPS) is 16.8. The van der Waals surface area contributed by atoms with E-state index in [9.17, 15) is 14.4 Å². The van der Waals surface area contributed by atoms with Crippen molar-refractivity contribution in [3.05, 3.63) is 41.5 Å². The molecule has 170 valence electrons. The molecule has 2 aliphatic rings. The van der Waals surface area contributed by atoms with Crippen molar-refractivity contribution < 1.29 is 19.1 Å². The molecule has 3 heterocycles. The van der Waals surface area contributed by atoms with Crippen LogP contribution in [0.4, 0.5) is 10.7 Å². The van der Waals surface area contributed by atoms with Crippen molar-refractivity contribution in [2.75, 3.05) is 18.4 Å². The summed E-state index contributed by atoms with van der Waals surface area (Å²) in [5.41, 5.74) is 1.03. The fraction of sp³-hybridized carbons (Fsp3) is 0.522. The van der Waals surface area contributed by atoms with Gasteiger partial charge in [-0.05, 0) is 57.2 Å². The lowest BCUT2D eigenvalue weighted by atomic mass is 9.90. The highest BCUT2D eigenvalue weighted by Crippen LogP contribution is 2.53. The van der Waals surface area contributed by atoms with Crippen LogP contribution in [0.1, 0.15) is 75.1 Å². The molecular weight excluding hydrogens is 410 g/mol. The molecule has 1 N–H and O–H groups in total. The molecule has 1 aliphatic carbocycles. The molecule has 4 rings (SSSR count). The number of nitrogens with zero attached hydrogens (tertiary/aromatic N) is 4. The smallest absolute Gasteiger partial charge is 0.419 e. The van der Waals surface area contributed by atoms with E-state index in [1.54, 1.807) is 26.8 Å². The second kappa shape index (κ2) is 7.72. The Kier molecular flexibility index (Phi) is 5.30. The van der Waals surface area contributed by atoms with Gasteiger partial charge in [0.05, 0.1) is 0 Å². The Morgan fingerprint density at radius 1 is 1.22 bits per heavy atom. The topological polar surface area (TPSA) is 106 Å². The van der Waals surface area contributed by atoms with Crippen LogP contribution in [0.3, 0.4) is 0 Å². The minimum absolute atomic E-state index is 0.0173. The number of ether oxygens (including phenoxy) is 1. The van der Waals surface area contributed by atoms with Gasteiger partial charge in [-0.1, -0.05) is 13.8 Å². The predicted molar refractivity (Wildman–Crippen MR) is 118 cm³/mol. The number of nitrogens with one attached hydrogen (secondary N) is 1. The van der Waals surface area contributed by atoms with E-state index in [1.165, 1.54) is 21.9 Å². The third kappa shape index (κ3) is 4.11. The van der Waals surface area contributed by atoms with Gasteiger partial charge in [0.15, 0.2) is 0 Å². The van der Waals surface area contributed by atoms with E-state index in [0.717, 1.165) is 24.1 Å². The maximum absolute atomic E-state index is 13.5. The first-order valence-corrected chi connectivity index (χ1v) is 10.9. The number of hydrogen-bond donors (Lipinski definition) is 1. The van der Waals surface area contributed by atoms with Crippen LogP contribution in [0.2, 0.25) is 0 Å². The molecule has 2 aromatic rings. The summed E-state index contributed by atoms with van der Waals surface area (Å²) >= 11 is 0. The first-order valence-electron chi connectivity index (χ1n) is 10.9. The van der Waals surface area contributed by atoms with Gasteiger partial charge in [-0.2, -0.15) is 0 Å². The Labute approximate surface area is 187 Å². The number of amides is 2. The first kappa shape index (κ1) is 22.0. The standard InChI is InChI=1S/C23H29N5O4/c1-14(2)16-11-15-18(28(16)21(31)32-22(3,4)5)19(30)27(13-23(15)7-8-23)12-17(29)26-20-24-9-6-10-25-20/h6,9-11,14H,7-8,12-13H2,1-5H3,(H,24,25,26,29). The van der Waals surface area contributed by atoms with Crippen LogP contribution in [0.5, 0.6) is 0 Å². The zero-order valence-electron chi connectivity index (χ0n) is 19.1. The third-order valence-corrected chi connectivity index (χ3v) is 5.76. The average molecular weight is 440 g/mol. The summed E-state index contributed by atoms with van der Waals surface area (Å²) in [6, 6.07) is 3.63. The van der Waals surface area contributed by atoms with E-state index in [0.29, 0.717) is 12.2 Å². The second-order valence-electron chi connectivity index (χ2n) is 9.86. The minimum Gasteiger partial charge on any atom is -0.443 e. The highest BCUT2D eigenvalue weighted by Gasteiger charge is 2.54. The van der Waals surface area contributed by atoms with E-state index in [1.807, 2.05) is 19.9 Å². The summed E-state index contributed by atoms with van der Waals surface area (Å²) in [7, 11) is 0. The minimum atomic E-state index is -0.702. The number of rotatable bonds is 4. The summed E-state index contributed by atoms with van der Waals surface area (Å²) in [4.78, 5) is 48.8. The van der Waals surface area contributed by atoms with Crippen molar-refractivity contribution in [1.82, 2.24) is 19.4 Å². The first-order chi connectivity index (χ1) is 15.0.